The quantitative estimate of drug-likeness (QED) is 0.151. The third-order valence-electron chi connectivity index (χ3n) is 2.05. The second kappa shape index (κ2) is 7.92. The van der Waals surface area contributed by atoms with E-state index in [9.17, 15) is 4.79 Å². The van der Waals surface area contributed by atoms with Gasteiger partial charge >= 0.3 is 5.97 Å². The van der Waals surface area contributed by atoms with E-state index in [0.717, 1.165) is 0 Å². The van der Waals surface area contributed by atoms with Crippen molar-refractivity contribution < 1.29 is 9.53 Å². The summed E-state index contributed by atoms with van der Waals surface area (Å²) >= 11 is 2.13. The molecule has 1 rings (SSSR count). The monoisotopic (exact) mass is 345 g/mol. The maximum absolute atomic E-state index is 11.5. The van der Waals surface area contributed by atoms with Crippen LogP contribution in [0.25, 0.3) is 10.4 Å². The van der Waals surface area contributed by atoms with Crippen LogP contribution in [0.15, 0.2) is 35.4 Å². The molecule has 1 aromatic rings. The Morgan fingerprint density at radius 1 is 1.47 bits per heavy atom. The van der Waals surface area contributed by atoms with Crippen LogP contribution in [0.2, 0.25) is 0 Å². The lowest BCUT2D eigenvalue weighted by Gasteiger charge is -2.07. The fourth-order valence-electron chi connectivity index (χ4n) is 1.19. The molecule has 0 amide bonds. The van der Waals surface area contributed by atoms with Crippen molar-refractivity contribution in [1.82, 2.24) is 0 Å². The van der Waals surface area contributed by atoms with E-state index in [2.05, 4.69) is 32.6 Å². The summed E-state index contributed by atoms with van der Waals surface area (Å²) in [5.74, 6) is 0.228. The Labute approximate surface area is 113 Å². The van der Waals surface area contributed by atoms with Crippen LogP contribution in [0.5, 0.6) is 5.75 Å². The molecule has 0 aliphatic rings. The van der Waals surface area contributed by atoms with Crippen LogP contribution < -0.4 is 4.74 Å². The van der Waals surface area contributed by atoms with Gasteiger partial charge in [0.05, 0.1) is 0 Å². The Bertz CT molecular complexity index is 404. The number of benzene rings is 1. The number of alkyl halides is 1. The molecular weight excluding hydrogens is 333 g/mol. The lowest BCUT2D eigenvalue weighted by molar-refractivity contribution is -0.134. The highest BCUT2D eigenvalue weighted by molar-refractivity contribution is 14.1. The number of azide groups is 1. The van der Waals surface area contributed by atoms with E-state index in [1.54, 1.807) is 24.3 Å². The third kappa shape index (κ3) is 5.55. The summed E-state index contributed by atoms with van der Waals surface area (Å²) in [6.45, 7) is 0. The molecule has 6 heteroatoms. The fraction of sp³-hybridized carbons (Fsp3) is 0.364. The maximum Gasteiger partial charge on any atom is 0.311 e. The van der Waals surface area contributed by atoms with Crippen LogP contribution >= 0.6 is 22.6 Å². The van der Waals surface area contributed by atoms with E-state index in [4.69, 9.17) is 10.3 Å². The van der Waals surface area contributed by atoms with Gasteiger partial charge in [-0.05, 0) is 24.1 Å². The van der Waals surface area contributed by atoms with Crippen LogP contribution in [0.4, 0.5) is 0 Å². The van der Waals surface area contributed by atoms with Crippen LogP contribution in [0.3, 0.4) is 0 Å². The molecule has 0 bridgehead atoms. The average molecular weight is 345 g/mol. The second-order valence-electron chi connectivity index (χ2n) is 3.34. The van der Waals surface area contributed by atoms with Crippen molar-refractivity contribution in [3.63, 3.8) is 0 Å². The first-order chi connectivity index (χ1) is 8.26. The molecule has 0 saturated heterocycles. The standard InChI is InChI=1S/C11H12IN3O2/c12-8-9(14-15-13)6-7-11(16)17-10-4-2-1-3-5-10/h1-5,9H,6-8H2. The molecule has 0 heterocycles. The van der Waals surface area contributed by atoms with Gasteiger partial charge in [0, 0.05) is 21.8 Å². The van der Waals surface area contributed by atoms with Gasteiger partial charge in [-0.2, -0.15) is 0 Å². The number of rotatable bonds is 6. The predicted octanol–water partition coefficient (Wildman–Crippen LogP) is 3.49. The van der Waals surface area contributed by atoms with E-state index in [0.29, 0.717) is 16.6 Å². The van der Waals surface area contributed by atoms with E-state index in [-0.39, 0.29) is 18.4 Å². The van der Waals surface area contributed by atoms with Crippen molar-refractivity contribution in [2.24, 2.45) is 5.11 Å². The topological polar surface area (TPSA) is 75.1 Å². The van der Waals surface area contributed by atoms with Crippen LogP contribution in [-0.2, 0) is 4.79 Å². The zero-order valence-electron chi connectivity index (χ0n) is 9.12. The van der Waals surface area contributed by atoms with Gasteiger partial charge in [0.2, 0.25) is 0 Å². The smallest absolute Gasteiger partial charge is 0.311 e. The molecule has 0 spiro atoms. The Morgan fingerprint density at radius 2 is 2.18 bits per heavy atom. The van der Waals surface area contributed by atoms with Gasteiger partial charge in [-0.15, -0.1) is 0 Å². The van der Waals surface area contributed by atoms with Gasteiger partial charge in [-0.3, -0.25) is 4.79 Å². The molecule has 0 saturated carbocycles. The zero-order chi connectivity index (χ0) is 12.5. The highest BCUT2D eigenvalue weighted by atomic mass is 127. The Hall–Kier alpha value is -1.27. The highest BCUT2D eigenvalue weighted by Crippen LogP contribution is 2.12. The van der Waals surface area contributed by atoms with Gasteiger partial charge < -0.3 is 4.74 Å². The Morgan fingerprint density at radius 3 is 2.76 bits per heavy atom. The minimum absolute atomic E-state index is 0.149. The van der Waals surface area contributed by atoms with Crippen molar-refractivity contribution in [3.8, 4) is 5.75 Å². The number of carbonyl (C=O) groups is 1. The molecule has 0 aliphatic heterocycles. The zero-order valence-corrected chi connectivity index (χ0v) is 11.3. The molecule has 0 N–H and O–H groups in total. The summed E-state index contributed by atoms with van der Waals surface area (Å²) < 4.78 is 5.81. The fourth-order valence-corrected chi connectivity index (χ4v) is 1.81. The largest absolute Gasteiger partial charge is 0.427 e. The van der Waals surface area contributed by atoms with Crippen LogP contribution in [0, 0.1) is 0 Å². The lowest BCUT2D eigenvalue weighted by Crippen LogP contribution is -2.13. The van der Waals surface area contributed by atoms with Crippen molar-refractivity contribution >= 4 is 28.6 Å². The lowest BCUT2D eigenvalue weighted by atomic mass is 10.2. The molecule has 1 unspecified atom stereocenters. The molecule has 0 aliphatic carbocycles. The summed E-state index contributed by atoms with van der Waals surface area (Å²) in [5.41, 5.74) is 8.31. The molecule has 5 nitrogen and oxygen atoms in total. The Balaban J connectivity index is 2.37. The minimum Gasteiger partial charge on any atom is -0.427 e. The van der Waals surface area contributed by atoms with Crippen LogP contribution in [0.1, 0.15) is 12.8 Å². The first kappa shape index (κ1) is 13.8. The summed E-state index contributed by atoms with van der Waals surface area (Å²) in [7, 11) is 0. The molecule has 0 fully saturated rings. The normalized spacial score (nSPS) is 11.4. The van der Waals surface area contributed by atoms with Crippen molar-refractivity contribution in [1.29, 1.82) is 0 Å². The van der Waals surface area contributed by atoms with E-state index >= 15 is 0 Å². The third-order valence-corrected chi connectivity index (χ3v) is 3.07. The summed E-state index contributed by atoms with van der Waals surface area (Å²) in [5, 5.41) is 3.59. The van der Waals surface area contributed by atoms with Gasteiger partial charge in [0.25, 0.3) is 0 Å². The van der Waals surface area contributed by atoms with E-state index in [1.165, 1.54) is 0 Å². The number of para-hydroxylation sites is 1. The molecule has 17 heavy (non-hydrogen) atoms. The molecule has 0 aromatic heterocycles. The summed E-state index contributed by atoms with van der Waals surface area (Å²) in [6.07, 6.45) is 0.764. The van der Waals surface area contributed by atoms with Gasteiger partial charge in [-0.1, -0.05) is 45.9 Å². The second-order valence-corrected chi connectivity index (χ2v) is 4.22. The van der Waals surface area contributed by atoms with Crippen molar-refractivity contribution in [2.75, 3.05) is 4.43 Å². The van der Waals surface area contributed by atoms with Crippen molar-refractivity contribution in [3.05, 3.63) is 40.8 Å². The van der Waals surface area contributed by atoms with E-state index < -0.39 is 0 Å². The SMILES string of the molecule is [N-]=[N+]=NC(CI)CCC(=O)Oc1ccccc1. The number of carbonyl (C=O) groups excluding carboxylic acids is 1. The highest BCUT2D eigenvalue weighted by Gasteiger charge is 2.10. The first-order valence-electron chi connectivity index (χ1n) is 5.12. The number of hydrogen-bond acceptors (Lipinski definition) is 3. The van der Waals surface area contributed by atoms with E-state index in [1.807, 2.05) is 6.07 Å². The number of hydrogen-bond donors (Lipinski definition) is 0. The number of halogens is 1. The van der Waals surface area contributed by atoms with Gasteiger partial charge in [-0.25, -0.2) is 0 Å². The number of ether oxygens (including phenoxy) is 1. The van der Waals surface area contributed by atoms with Crippen LogP contribution in [-0.4, -0.2) is 16.4 Å². The molecule has 0 radical (unpaired) electrons. The summed E-state index contributed by atoms with van der Waals surface area (Å²) in [6, 6.07) is 8.75. The Kier molecular flexibility index (Phi) is 6.42. The molecule has 1 atom stereocenters. The minimum atomic E-state index is -0.306. The van der Waals surface area contributed by atoms with Gasteiger partial charge in [0.1, 0.15) is 5.75 Å². The average Bonchev–Trinajstić information content (AvgIpc) is 2.35. The van der Waals surface area contributed by atoms with Crippen molar-refractivity contribution in [2.45, 2.75) is 18.9 Å². The first-order valence-corrected chi connectivity index (χ1v) is 6.64. The predicted molar refractivity (Wildman–Crippen MR) is 73.1 cm³/mol. The number of esters is 1. The summed E-state index contributed by atoms with van der Waals surface area (Å²) in [4.78, 5) is 14.2. The molecule has 90 valence electrons. The number of nitrogens with zero attached hydrogens (tertiary/aromatic N) is 3. The maximum atomic E-state index is 11.5. The molecule has 1 aromatic carbocycles. The van der Waals surface area contributed by atoms with Gasteiger partial charge in [0.15, 0.2) is 0 Å². The molecular formula is C11H12IN3O2.